The summed E-state index contributed by atoms with van der Waals surface area (Å²) in [6.45, 7) is 0. The number of rotatable bonds is 3. The second kappa shape index (κ2) is 5.69. The van der Waals surface area contributed by atoms with Crippen LogP contribution in [0.1, 0.15) is 31.4 Å². The third-order valence-electron chi connectivity index (χ3n) is 3.21. The average molecular weight is 247 g/mol. The van der Waals surface area contributed by atoms with Crippen molar-refractivity contribution in [3.8, 4) is 11.9 Å². The number of anilines is 1. The van der Waals surface area contributed by atoms with E-state index in [1.807, 2.05) is 6.07 Å². The van der Waals surface area contributed by atoms with Crippen LogP contribution >= 0.6 is 0 Å². The highest BCUT2D eigenvalue weighted by Crippen LogP contribution is 2.25. The highest BCUT2D eigenvalue weighted by molar-refractivity contribution is 5.50. The summed E-state index contributed by atoms with van der Waals surface area (Å²) in [4.78, 5) is 4.09. The lowest BCUT2D eigenvalue weighted by atomic mass is 9.95. The molecule has 2 rings (SSSR count). The van der Waals surface area contributed by atoms with Crippen LogP contribution in [0.15, 0.2) is 12.1 Å². The molecule has 2 atom stereocenters. The Balaban J connectivity index is 2.03. The molecule has 18 heavy (non-hydrogen) atoms. The van der Waals surface area contributed by atoms with Gasteiger partial charge in [-0.15, -0.1) is 0 Å². The van der Waals surface area contributed by atoms with Crippen LogP contribution in [0.25, 0.3) is 0 Å². The highest BCUT2D eigenvalue weighted by Gasteiger charge is 2.23. The summed E-state index contributed by atoms with van der Waals surface area (Å²) in [7, 11) is 1.72. The molecule has 96 valence electrons. The summed E-state index contributed by atoms with van der Waals surface area (Å²) in [5.74, 6) is 0.461. The zero-order valence-corrected chi connectivity index (χ0v) is 10.4. The van der Waals surface area contributed by atoms with E-state index in [1.54, 1.807) is 19.2 Å². The van der Waals surface area contributed by atoms with Gasteiger partial charge in [-0.05, 0) is 25.3 Å². The summed E-state index contributed by atoms with van der Waals surface area (Å²) < 4.78 is 11.1. The number of hydrogen-bond acceptors (Lipinski definition) is 5. The average Bonchev–Trinajstić information content (AvgIpc) is 2.41. The van der Waals surface area contributed by atoms with E-state index >= 15 is 0 Å². The normalized spacial score (nSPS) is 23.3. The number of nitrogens with zero attached hydrogens (tertiary/aromatic N) is 2. The van der Waals surface area contributed by atoms with E-state index in [-0.39, 0.29) is 17.9 Å². The fourth-order valence-electron chi connectivity index (χ4n) is 2.20. The van der Waals surface area contributed by atoms with Crippen LogP contribution in [0.3, 0.4) is 0 Å². The molecule has 1 heterocycles. The van der Waals surface area contributed by atoms with Gasteiger partial charge in [0.25, 0.3) is 0 Å². The quantitative estimate of drug-likeness (QED) is 0.881. The lowest BCUT2D eigenvalue weighted by Crippen LogP contribution is -2.29. The topological polar surface area (TPSA) is 81.2 Å². The SMILES string of the molecule is COC1CCCC(Oc2ccc(N)c(C#N)n2)C1. The second-order valence-corrected chi connectivity index (χ2v) is 4.46. The first-order valence-electron chi connectivity index (χ1n) is 6.09. The predicted molar refractivity (Wildman–Crippen MR) is 67.0 cm³/mol. The molecule has 0 aromatic carbocycles. The first-order valence-corrected chi connectivity index (χ1v) is 6.09. The van der Waals surface area contributed by atoms with E-state index in [0.717, 1.165) is 25.7 Å². The number of methoxy groups -OCH3 is 1. The highest BCUT2D eigenvalue weighted by atomic mass is 16.5. The summed E-state index contributed by atoms with van der Waals surface area (Å²) >= 11 is 0. The summed E-state index contributed by atoms with van der Waals surface area (Å²) in [6, 6.07) is 5.30. The fraction of sp³-hybridized carbons (Fsp3) is 0.538. The molecule has 0 saturated heterocycles. The third kappa shape index (κ3) is 2.90. The minimum absolute atomic E-state index is 0.103. The molecule has 5 nitrogen and oxygen atoms in total. The van der Waals surface area contributed by atoms with E-state index in [1.165, 1.54) is 0 Å². The molecular formula is C13H17N3O2. The first kappa shape index (κ1) is 12.7. The Morgan fingerprint density at radius 3 is 2.89 bits per heavy atom. The molecule has 1 fully saturated rings. The first-order chi connectivity index (χ1) is 8.72. The van der Waals surface area contributed by atoms with Gasteiger partial charge in [0, 0.05) is 19.6 Å². The van der Waals surface area contributed by atoms with Crippen molar-refractivity contribution >= 4 is 5.69 Å². The van der Waals surface area contributed by atoms with Gasteiger partial charge in [-0.1, -0.05) is 0 Å². The van der Waals surface area contributed by atoms with Gasteiger partial charge < -0.3 is 15.2 Å². The van der Waals surface area contributed by atoms with Crippen molar-refractivity contribution < 1.29 is 9.47 Å². The number of hydrogen-bond donors (Lipinski definition) is 1. The van der Waals surface area contributed by atoms with Crippen LogP contribution in [0.5, 0.6) is 5.88 Å². The van der Waals surface area contributed by atoms with Crippen LogP contribution in [0, 0.1) is 11.3 Å². The zero-order valence-electron chi connectivity index (χ0n) is 10.4. The van der Waals surface area contributed by atoms with Crippen molar-refractivity contribution in [1.29, 1.82) is 5.26 Å². The lowest BCUT2D eigenvalue weighted by Gasteiger charge is -2.28. The van der Waals surface area contributed by atoms with Crippen molar-refractivity contribution in [2.75, 3.05) is 12.8 Å². The zero-order chi connectivity index (χ0) is 13.0. The monoisotopic (exact) mass is 247 g/mol. The molecule has 1 aliphatic rings. The fourth-order valence-corrected chi connectivity index (χ4v) is 2.20. The van der Waals surface area contributed by atoms with Gasteiger partial charge in [-0.3, -0.25) is 0 Å². The summed E-state index contributed by atoms with van der Waals surface area (Å²) in [5.41, 5.74) is 6.21. The number of nitrogens with two attached hydrogens (primary N) is 1. The van der Waals surface area contributed by atoms with Gasteiger partial charge in [0.1, 0.15) is 12.2 Å². The van der Waals surface area contributed by atoms with E-state index in [9.17, 15) is 0 Å². The van der Waals surface area contributed by atoms with Crippen LogP contribution in [-0.4, -0.2) is 24.3 Å². The molecular weight excluding hydrogens is 230 g/mol. The third-order valence-corrected chi connectivity index (χ3v) is 3.21. The van der Waals surface area contributed by atoms with E-state index < -0.39 is 0 Å². The molecule has 2 N–H and O–H groups in total. The Hall–Kier alpha value is -1.80. The molecule has 0 aliphatic heterocycles. The Labute approximate surface area is 107 Å². The number of nitrogen functional groups attached to an aromatic ring is 1. The maximum atomic E-state index is 8.86. The molecule has 0 radical (unpaired) electrons. The summed E-state index contributed by atoms with van der Waals surface area (Å²) in [5, 5.41) is 8.86. The molecule has 5 heteroatoms. The smallest absolute Gasteiger partial charge is 0.214 e. The second-order valence-electron chi connectivity index (χ2n) is 4.46. The molecule has 0 spiro atoms. The Morgan fingerprint density at radius 1 is 1.39 bits per heavy atom. The maximum absolute atomic E-state index is 8.86. The van der Waals surface area contributed by atoms with E-state index in [0.29, 0.717) is 11.6 Å². The van der Waals surface area contributed by atoms with Crippen LogP contribution in [0.4, 0.5) is 5.69 Å². The Kier molecular flexibility index (Phi) is 4.00. The number of pyridine rings is 1. The Morgan fingerprint density at radius 2 is 2.17 bits per heavy atom. The van der Waals surface area contributed by atoms with E-state index in [4.69, 9.17) is 20.5 Å². The number of aromatic nitrogens is 1. The molecule has 1 aromatic heterocycles. The molecule has 0 amide bonds. The standard InChI is InChI=1S/C13H17N3O2/c1-17-9-3-2-4-10(7-9)18-13-6-5-11(15)12(8-14)16-13/h5-6,9-10H,2-4,7,15H2,1H3. The van der Waals surface area contributed by atoms with Gasteiger partial charge in [0.05, 0.1) is 11.8 Å². The van der Waals surface area contributed by atoms with E-state index in [2.05, 4.69) is 4.98 Å². The lowest BCUT2D eigenvalue weighted by molar-refractivity contribution is 0.0195. The molecule has 2 unspecified atom stereocenters. The van der Waals surface area contributed by atoms with Crippen molar-refractivity contribution in [3.05, 3.63) is 17.8 Å². The van der Waals surface area contributed by atoms with Gasteiger partial charge in [0.15, 0.2) is 5.69 Å². The predicted octanol–water partition coefficient (Wildman–Crippen LogP) is 1.87. The molecule has 1 aliphatic carbocycles. The minimum Gasteiger partial charge on any atom is -0.474 e. The number of ether oxygens (including phenoxy) is 2. The maximum Gasteiger partial charge on any atom is 0.214 e. The van der Waals surface area contributed by atoms with Gasteiger partial charge in [0.2, 0.25) is 5.88 Å². The van der Waals surface area contributed by atoms with Gasteiger partial charge in [-0.2, -0.15) is 5.26 Å². The van der Waals surface area contributed by atoms with Crippen LogP contribution in [-0.2, 0) is 4.74 Å². The van der Waals surface area contributed by atoms with Gasteiger partial charge >= 0.3 is 0 Å². The molecule has 1 saturated carbocycles. The van der Waals surface area contributed by atoms with Crippen molar-refractivity contribution in [3.63, 3.8) is 0 Å². The van der Waals surface area contributed by atoms with Gasteiger partial charge in [-0.25, -0.2) is 4.98 Å². The minimum atomic E-state index is 0.103. The molecule has 1 aromatic rings. The molecule has 0 bridgehead atoms. The van der Waals surface area contributed by atoms with Crippen LogP contribution in [0.2, 0.25) is 0 Å². The Bertz CT molecular complexity index is 456. The number of nitriles is 1. The van der Waals surface area contributed by atoms with Crippen molar-refractivity contribution in [2.45, 2.75) is 37.9 Å². The largest absolute Gasteiger partial charge is 0.474 e. The summed E-state index contributed by atoms with van der Waals surface area (Å²) in [6.07, 6.45) is 4.38. The van der Waals surface area contributed by atoms with Crippen LogP contribution < -0.4 is 10.5 Å². The van der Waals surface area contributed by atoms with Crippen molar-refractivity contribution in [1.82, 2.24) is 4.98 Å². The van der Waals surface area contributed by atoms with Crippen molar-refractivity contribution in [2.24, 2.45) is 0 Å².